The lowest BCUT2D eigenvalue weighted by atomic mass is 9.88. The molecular formula is C62H92N8O17. The minimum atomic E-state index is -1.67. The predicted octanol–water partition coefficient (Wildman–Crippen LogP) is 4.16. The second-order valence-electron chi connectivity index (χ2n) is 24.0. The topological polar surface area (TPSA) is 359 Å². The average Bonchev–Trinajstić information content (AvgIpc) is 1.86. The van der Waals surface area contributed by atoms with Crippen molar-refractivity contribution in [2.45, 2.75) is 193 Å². The number of allylic oxidation sites excluding steroid dienone is 2. The molecule has 5 rings (SSSR count). The van der Waals surface area contributed by atoms with Crippen LogP contribution in [0.5, 0.6) is 0 Å². The fraction of sp³-hybridized carbons (Fsp3) is 0.629. The molecule has 4 heterocycles. The number of esters is 1. The third-order valence-corrected chi connectivity index (χ3v) is 16.0. The SMILES string of the molecule is CC[C@H](O)[C@@H](C)[C@H]1O[C@@H]1C[C@@](C)(O)/C=C/C=C(\C)[C@H]1OC(=O)C[C@H](O)CC[C@@](C)(O)[C@@H](OC(=O)N2CCN(C(=O)OCc3ccc(NC(=O)[C@H](CCCNC(N)=O)NC(=O)[C@@H](NC(=O)CCCCCN4C(=O)C=CC4=O)C(C)C)cc3)CC2)/C=C\[C@@H]1C. The summed E-state index contributed by atoms with van der Waals surface area (Å²) in [5, 5.41) is 54.7. The zero-order chi connectivity index (χ0) is 64.2. The van der Waals surface area contributed by atoms with Crippen LogP contribution in [0.4, 0.5) is 20.1 Å². The van der Waals surface area contributed by atoms with Crippen LogP contribution in [0.15, 0.2) is 72.4 Å². The van der Waals surface area contributed by atoms with Crippen LogP contribution in [-0.2, 0) is 54.3 Å². The van der Waals surface area contributed by atoms with Crippen LogP contribution in [-0.4, -0.2) is 188 Å². The van der Waals surface area contributed by atoms with Gasteiger partial charge in [-0.25, -0.2) is 14.4 Å². The predicted molar refractivity (Wildman–Crippen MR) is 319 cm³/mol. The molecule has 0 unspecified atom stereocenters. The van der Waals surface area contributed by atoms with Gasteiger partial charge in [-0.1, -0.05) is 77.5 Å². The van der Waals surface area contributed by atoms with Crippen LogP contribution in [0.25, 0.3) is 0 Å². The number of ether oxygens (including phenoxy) is 4. The van der Waals surface area contributed by atoms with Crippen LogP contribution in [0.2, 0.25) is 0 Å². The summed E-state index contributed by atoms with van der Waals surface area (Å²) in [5.74, 6) is -3.88. The number of urea groups is 1. The molecule has 12 atom stereocenters. The van der Waals surface area contributed by atoms with Crippen molar-refractivity contribution in [3.05, 3.63) is 77.9 Å². The van der Waals surface area contributed by atoms with Gasteiger partial charge in [0.1, 0.15) is 30.4 Å². The molecule has 9 amide bonds. The van der Waals surface area contributed by atoms with Crippen LogP contribution in [0.3, 0.4) is 0 Å². The van der Waals surface area contributed by atoms with Gasteiger partial charge in [0.2, 0.25) is 17.7 Å². The van der Waals surface area contributed by atoms with Gasteiger partial charge in [0.05, 0.1) is 36.4 Å². The number of amides is 9. The summed E-state index contributed by atoms with van der Waals surface area (Å²) in [7, 11) is 0. The number of cyclic esters (lactones) is 1. The maximum Gasteiger partial charge on any atom is 0.410 e. The summed E-state index contributed by atoms with van der Waals surface area (Å²) < 4.78 is 23.2. The van der Waals surface area contributed by atoms with E-state index < -0.39 is 89.6 Å². The van der Waals surface area contributed by atoms with Crippen molar-refractivity contribution in [3.63, 3.8) is 0 Å². The van der Waals surface area contributed by atoms with Crippen molar-refractivity contribution in [1.82, 2.24) is 30.7 Å². The number of carbonyl (C=O) groups is 9. The number of rotatable bonds is 27. The number of aliphatic hydroxyl groups excluding tert-OH is 2. The molecule has 2 fully saturated rings. The van der Waals surface area contributed by atoms with Crippen molar-refractivity contribution in [1.29, 1.82) is 0 Å². The number of aliphatic hydroxyl groups is 4. The Morgan fingerprint density at radius 3 is 2.21 bits per heavy atom. The van der Waals surface area contributed by atoms with Crippen LogP contribution >= 0.6 is 0 Å². The van der Waals surface area contributed by atoms with E-state index >= 15 is 0 Å². The lowest BCUT2D eigenvalue weighted by Crippen LogP contribution is -2.54. The first kappa shape index (κ1) is 70.6. The molecule has 10 N–H and O–H groups in total. The van der Waals surface area contributed by atoms with Gasteiger partial charge in [-0.15, -0.1) is 0 Å². The summed E-state index contributed by atoms with van der Waals surface area (Å²) in [6, 6.07) is 3.63. The summed E-state index contributed by atoms with van der Waals surface area (Å²) in [5.41, 5.74) is 3.87. The van der Waals surface area contributed by atoms with Gasteiger partial charge in [0.15, 0.2) is 6.10 Å². The maximum absolute atomic E-state index is 13.7. The Labute approximate surface area is 509 Å². The van der Waals surface area contributed by atoms with E-state index in [2.05, 4.69) is 21.3 Å². The lowest BCUT2D eigenvalue weighted by molar-refractivity contribution is -0.151. The number of nitrogens with two attached hydrogens (primary N) is 1. The Hall–Kier alpha value is -7.19. The molecule has 25 nitrogen and oxygen atoms in total. The summed E-state index contributed by atoms with van der Waals surface area (Å²) in [6.45, 7) is 14.6. The lowest BCUT2D eigenvalue weighted by Gasteiger charge is -2.37. The van der Waals surface area contributed by atoms with Crippen LogP contribution in [0.1, 0.15) is 132 Å². The number of piperazine rings is 1. The second kappa shape index (κ2) is 33.2. The average molecular weight is 1220 g/mol. The van der Waals surface area contributed by atoms with Crippen molar-refractivity contribution in [3.8, 4) is 0 Å². The number of hydrogen-bond donors (Lipinski definition) is 9. The van der Waals surface area contributed by atoms with Gasteiger partial charge in [0, 0.05) is 81.8 Å². The monoisotopic (exact) mass is 1220 g/mol. The minimum Gasteiger partial charge on any atom is -0.457 e. The van der Waals surface area contributed by atoms with Gasteiger partial charge in [-0.3, -0.25) is 33.7 Å². The van der Waals surface area contributed by atoms with E-state index in [-0.39, 0.29) is 126 Å². The number of anilines is 1. The Morgan fingerprint density at radius 1 is 0.920 bits per heavy atom. The number of carbonyl (C=O) groups excluding carboxylic acids is 9. The quantitative estimate of drug-likeness (QED) is 0.0114. The molecule has 4 aliphatic rings. The molecule has 0 aliphatic carbocycles. The Morgan fingerprint density at radius 2 is 1.57 bits per heavy atom. The smallest absolute Gasteiger partial charge is 0.410 e. The fourth-order valence-corrected chi connectivity index (χ4v) is 10.4. The number of primary amides is 1. The van der Waals surface area contributed by atoms with Gasteiger partial charge >= 0.3 is 24.2 Å². The maximum atomic E-state index is 13.7. The molecule has 1 aromatic rings. The molecule has 2 saturated heterocycles. The molecule has 0 aromatic heterocycles. The Bertz CT molecular complexity index is 2650. The van der Waals surface area contributed by atoms with Gasteiger partial charge in [0.25, 0.3) is 11.8 Å². The highest BCUT2D eigenvalue weighted by atomic mass is 16.6. The summed E-state index contributed by atoms with van der Waals surface area (Å²) >= 11 is 0. The largest absolute Gasteiger partial charge is 0.457 e. The molecule has 1 aromatic carbocycles. The molecular weight excluding hydrogens is 1130 g/mol. The molecule has 482 valence electrons. The third-order valence-electron chi connectivity index (χ3n) is 16.0. The number of hydrogen-bond acceptors (Lipinski definition) is 17. The summed E-state index contributed by atoms with van der Waals surface area (Å²) in [6.07, 6.45) is 7.77. The second-order valence-corrected chi connectivity index (χ2v) is 24.0. The standard InChI is InChI=1S/C62H92N8O17/c1-9-46(72)41(6)55-47(85-55)36-61(7,82)27-13-15-39(4)54-40(5)18-23-48(62(8,83)28-26-44(71)35-52(76)87-54)86-60(81)69-33-31-68(32-34-69)59(80)84-37-42-19-21-43(22-20-42)65-56(77)45(16-14-29-64-58(63)79)66-57(78)53(38(2)3)67-49(73)17-11-10-12-30-70-50(74)24-25-51(70)75/h13,15,18-25,27,38,40-41,44-48,53-55,71-72,82-83H,9-12,14,16-17,26,28-37H2,1-8H3,(H,65,77)(H,66,78)(H,67,73)(H3,63,64,79)/b23-18-,27-13+,39-15+/t40-,41+,44+,45-,46-,47+,48-,53-,54+,55+,61-,62+/m0/s1. The number of imide groups is 1. The zero-order valence-corrected chi connectivity index (χ0v) is 51.4. The number of unbranched alkanes of at least 4 members (excludes halogenated alkanes) is 2. The molecule has 0 radical (unpaired) electrons. The minimum absolute atomic E-state index is 0.00767. The first-order chi connectivity index (χ1) is 41.1. The fourth-order valence-electron chi connectivity index (χ4n) is 10.4. The van der Waals surface area contributed by atoms with E-state index in [0.29, 0.717) is 48.9 Å². The molecule has 0 bridgehead atoms. The number of nitrogens with zero attached hydrogens (tertiary/aromatic N) is 3. The number of benzene rings is 1. The first-order valence-corrected chi connectivity index (χ1v) is 30.2. The highest BCUT2D eigenvalue weighted by Gasteiger charge is 2.47. The van der Waals surface area contributed by atoms with E-state index in [4.69, 9.17) is 24.7 Å². The van der Waals surface area contributed by atoms with E-state index in [1.165, 1.54) is 28.9 Å². The van der Waals surface area contributed by atoms with Gasteiger partial charge < -0.3 is 76.2 Å². The zero-order valence-electron chi connectivity index (χ0n) is 51.4. The summed E-state index contributed by atoms with van der Waals surface area (Å²) in [4.78, 5) is 119. The van der Waals surface area contributed by atoms with Crippen molar-refractivity contribution < 1.29 is 82.5 Å². The van der Waals surface area contributed by atoms with E-state index in [0.717, 1.165) is 4.90 Å². The molecule has 0 saturated carbocycles. The van der Waals surface area contributed by atoms with Crippen LogP contribution < -0.4 is 27.0 Å². The van der Waals surface area contributed by atoms with E-state index in [9.17, 15) is 63.6 Å². The van der Waals surface area contributed by atoms with Crippen LogP contribution in [0, 0.1) is 17.8 Å². The number of epoxide rings is 1. The van der Waals surface area contributed by atoms with E-state index in [1.54, 1.807) is 89.3 Å². The Kier molecular flexibility index (Phi) is 27.0. The molecule has 87 heavy (non-hydrogen) atoms. The molecule has 25 heteroatoms. The third kappa shape index (κ3) is 22.8. The van der Waals surface area contributed by atoms with Crippen molar-refractivity contribution in [2.75, 3.05) is 44.6 Å². The Balaban J connectivity index is 1.11. The van der Waals surface area contributed by atoms with Gasteiger partial charge in [-0.2, -0.15) is 0 Å². The highest BCUT2D eigenvalue weighted by Crippen LogP contribution is 2.38. The first-order valence-electron chi connectivity index (χ1n) is 30.2. The van der Waals surface area contributed by atoms with Crippen molar-refractivity contribution in [2.24, 2.45) is 23.5 Å². The van der Waals surface area contributed by atoms with Gasteiger partial charge in [-0.05, 0) is 101 Å². The normalized spacial score (nSPS) is 25.2. The van der Waals surface area contributed by atoms with E-state index in [1.807, 2.05) is 13.8 Å². The molecule has 4 aliphatic heterocycles. The molecule has 0 spiro atoms. The van der Waals surface area contributed by atoms with Crippen molar-refractivity contribution >= 4 is 59.4 Å². The highest BCUT2D eigenvalue weighted by molar-refractivity contribution is 6.12. The number of nitrogens with one attached hydrogen (secondary N) is 4.